The van der Waals surface area contributed by atoms with E-state index in [0.717, 1.165) is 0 Å². The predicted octanol–water partition coefficient (Wildman–Crippen LogP) is 3.89. The van der Waals surface area contributed by atoms with Gasteiger partial charge < -0.3 is 18.3 Å². The summed E-state index contributed by atoms with van der Waals surface area (Å²) in [5, 5.41) is -0.0911. The van der Waals surface area contributed by atoms with Crippen molar-refractivity contribution in [3.8, 4) is 0 Å². The van der Waals surface area contributed by atoms with E-state index in [2.05, 4.69) is 48.1 Å². The highest BCUT2D eigenvalue weighted by atomic mass is 28.4. The van der Waals surface area contributed by atoms with Crippen molar-refractivity contribution in [2.75, 3.05) is 6.61 Å². The number of ether oxygens (including phenoxy) is 2. The summed E-state index contributed by atoms with van der Waals surface area (Å²) in [6.07, 6.45) is 4.59. The molecular formula is C16H28O4Si. The summed E-state index contributed by atoms with van der Waals surface area (Å²) in [7, 11) is -2.49. The van der Waals surface area contributed by atoms with Crippen LogP contribution in [0, 0.1) is 0 Å². The van der Waals surface area contributed by atoms with Crippen molar-refractivity contribution < 1.29 is 18.3 Å². The highest BCUT2D eigenvalue weighted by molar-refractivity contribution is 6.73. The van der Waals surface area contributed by atoms with Crippen LogP contribution in [-0.2, 0) is 18.3 Å². The molecule has 0 aromatic carbocycles. The highest BCUT2D eigenvalue weighted by Gasteiger charge is 2.63. The first-order chi connectivity index (χ1) is 9.62. The molecule has 3 atom stereocenters. The van der Waals surface area contributed by atoms with Gasteiger partial charge in [-0.1, -0.05) is 48.1 Å². The Morgan fingerprint density at radius 1 is 1.19 bits per heavy atom. The first kappa shape index (κ1) is 16.6. The zero-order valence-electron chi connectivity index (χ0n) is 14.0. The zero-order chi connectivity index (χ0) is 15.9. The molecule has 0 saturated carbocycles. The fourth-order valence-corrected chi connectivity index (χ4v) is 8.43. The molecular weight excluding hydrogens is 284 g/mol. The lowest BCUT2D eigenvalue weighted by atomic mass is 10.1. The van der Waals surface area contributed by atoms with Crippen molar-refractivity contribution in [2.24, 2.45) is 0 Å². The molecule has 0 N–H and O–H groups in total. The number of fused-ring (bicyclic) bond motifs is 1. The maximum Gasteiger partial charge on any atom is 0.349 e. The van der Waals surface area contributed by atoms with Gasteiger partial charge in [0.1, 0.15) is 18.3 Å². The molecule has 0 spiro atoms. The predicted molar refractivity (Wildman–Crippen MR) is 85.1 cm³/mol. The molecule has 120 valence electrons. The molecule has 2 heterocycles. The van der Waals surface area contributed by atoms with Gasteiger partial charge in [0.25, 0.3) is 0 Å². The number of hydrogen-bond donors (Lipinski definition) is 0. The van der Waals surface area contributed by atoms with Gasteiger partial charge in [0, 0.05) is 10.1 Å². The third-order valence-corrected chi connectivity index (χ3v) is 9.32. The Morgan fingerprint density at radius 2 is 1.81 bits per heavy atom. The molecule has 0 unspecified atom stereocenters. The minimum Gasteiger partial charge on any atom is -0.493 e. The average Bonchev–Trinajstić information content (AvgIpc) is 2.36. The van der Waals surface area contributed by atoms with E-state index in [1.807, 2.05) is 6.08 Å². The molecule has 0 amide bonds. The van der Waals surface area contributed by atoms with Gasteiger partial charge in [-0.15, -0.1) is 0 Å². The summed E-state index contributed by atoms with van der Waals surface area (Å²) < 4.78 is 24.3. The summed E-state index contributed by atoms with van der Waals surface area (Å²) >= 11 is 0. The van der Waals surface area contributed by atoms with Crippen LogP contribution in [-0.4, -0.2) is 33.5 Å². The smallest absolute Gasteiger partial charge is 0.349 e. The van der Waals surface area contributed by atoms with E-state index in [-0.39, 0.29) is 28.4 Å². The van der Waals surface area contributed by atoms with Crippen molar-refractivity contribution in [3.05, 3.63) is 25.2 Å². The third kappa shape index (κ3) is 2.79. The molecule has 0 aromatic heterocycles. The molecule has 0 aromatic rings. The van der Waals surface area contributed by atoms with Gasteiger partial charge in [-0.05, 0) is 6.08 Å². The Bertz CT molecular complexity index is 405. The maximum atomic E-state index is 6.64. The van der Waals surface area contributed by atoms with Crippen LogP contribution in [0.4, 0.5) is 0 Å². The Hall–Kier alpha value is -0.783. The molecule has 0 bridgehead atoms. The van der Waals surface area contributed by atoms with Gasteiger partial charge in [-0.25, -0.2) is 0 Å². The average molecular weight is 312 g/mol. The van der Waals surface area contributed by atoms with Crippen molar-refractivity contribution >= 4 is 8.56 Å². The number of rotatable bonds is 2. The van der Waals surface area contributed by atoms with Crippen molar-refractivity contribution in [3.63, 3.8) is 0 Å². The molecule has 2 aliphatic heterocycles. The Labute approximate surface area is 129 Å². The molecule has 5 heteroatoms. The van der Waals surface area contributed by atoms with Gasteiger partial charge >= 0.3 is 8.56 Å². The quantitative estimate of drug-likeness (QED) is 0.573. The summed E-state index contributed by atoms with van der Waals surface area (Å²) in [5.41, 5.74) is 0. The third-order valence-electron chi connectivity index (χ3n) is 4.19. The van der Waals surface area contributed by atoms with E-state index in [1.165, 1.54) is 6.26 Å². The Morgan fingerprint density at radius 3 is 2.33 bits per heavy atom. The van der Waals surface area contributed by atoms with Crippen LogP contribution in [0.3, 0.4) is 0 Å². The molecule has 21 heavy (non-hydrogen) atoms. The van der Waals surface area contributed by atoms with Crippen molar-refractivity contribution in [1.82, 2.24) is 0 Å². The van der Waals surface area contributed by atoms with Crippen LogP contribution in [0.2, 0.25) is 10.1 Å². The summed E-state index contributed by atoms with van der Waals surface area (Å²) in [6, 6.07) is 0. The van der Waals surface area contributed by atoms with Gasteiger partial charge in [-0.3, -0.25) is 0 Å². The normalized spacial score (nSPS) is 32.0. The van der Waals surface area contributed by atoms with Crippen molar-refractivity contribution in [2.45, 2.75) is 69.9 Å². The standard InChI is InChI=1S/C16H28O4Si/c1-8-17-12-9-10-18-13-11-19-21(15(2,3)4,16(5,6)7)20-14(12)13/h8-10,12-14H,1,11H2,2-7H3/t12-,13-,14+/m1/s1. The van der Waals surface area contributed by atoms with E-state index in [0.29, 0.717) is 6.61 Å². The Kier molecular flexibility index (Phi) is 4.30. The lowest BCUT2D eigenvalue weighted by Gasteiger charge is -2.55. The molecule has 4 nitrogen and oxygen atoms in total. The van der Waals surface area contributed by atoms with Crippen LogP contribution >= 0.6 is 0 Å². The minimum atomic E-state index is -2.49. The summed E-state index contributed by atoms with van der Waals surface area (Å²) in [4.78, 5) is 0. The highest BCUT2D eigenvalue weighted by Crippen LogP contribution is 2.54. The van der Waals surface area contributed by atoms with E-state index >= 15 is 0 Å². The lowest BCUT2D eigenvalue weighted by molar-refractivity contribution is -0.124. The molecule has 1 saturated heterocycles. The lowest BCUT2D eigenvalue weighted by Crippen LogP contribution is -2.67. The maximum absolute atomic E-state index is 6.64. The fourth-order valence-electron chi connectivity index (χ4n) is 3.47. The largest absolute Gasteiger partial charge is 0.493 e. The van der Waals surface area contributed by atoms with Crippen LogP contribution in [0.15, 0.2) is 25.2 Å². The van der Waals surface area contributed by atoms with Gasteiger partial charge in [0.05, 0.1) is 19.1 Å². The van der Waals surface area contributed by atoms with E-state index in [1.54, 1.807) is 6.26 Å². The zero-order valence-corrected chi connectivity index (χ0v) is 15.0. The first-order valence-electron chi connectivity index (χ1n) is 7.53. The molecule has 2 rings (SSSR count). The van der Waals surface area contributed by atoms with Crippen LogP contribution in [0.25, 0.3) is 0 Å². The number of hydrogen-bond acceptors (Lipinski definition) is 4. The van der Waals surface area contributed by atoms with Gasteiger partial charge in [0.15, 0.2) is 0 Å². The van der Waals surface area contributed by atoms with E-state index in [4.69, 9.17) is 18.3 Å². The first-order valence-corrected chi connectivity index (χ1v) is 9.34. The van der Waals surface area contributed by atoms with Crippen LogP contribution in [0.5, 0.6) is 0 Å². The summed E-state index contributed by atoms with van der Waals surface area (Å²) in [5.74, 6) is 0. The molecule has 2 aliphatic rings. The monoisotopic (exact) mass is 312 g/mol. The summed E-state index contributed by atoms with van der Waals surface area (Å²) in [6.45, 7) is 17.4. The molecule has 0 aliphatic carbocycles. The Balaban J connectivity index is 2.36. The topological polar surface area (TPSA) is 36.9 Å². The second-order valence-corrected chi connectivity index (χ2v) is 12.5. The van der Waals surface area contributed by atoms with Crippen molar-refractivity contribution in [1.29, 1.82) is 0 Å². The van der Waals surface area contributed by atoms with Crippen LogP contribution in [0.1, 0.15) is 41.5 Å². The van der Waals surface area contributed by atoms with Crippen LogP contribution < -0.4 is 0 Å². The second kappa shape index (κ2) is 5.45. The van der Waals surface area contributed by atoms with Gasteiger partial charge in [0.2, 0.25) is 0 Å². The van der Waals surface area contributed by atoms with E-state index < -0.39 is 8.56 Å². The second-order valence-electron chi connectivity index (χ2n) is 7.78. The SMILES string of the molecule is C=CO[C@@H]1C=CO[C@@H]2CO[Si](C(C)(C)C)(C(C)(C)C)O[C@@H]12. The minimum absolute atomic E-state index is 0.0455. The fraction of sp³-hybridized carbons (Fsp3) is 0.750. The molecule has 1 fully saturated rings. The van der Waals surface area contributed by atoms with E-state index in [9.17, 15) is 0 Å². The van der Waals surface area contributed by atoms with Gasteiger partial charge in [-0.2, -0.15) is 0 Å². The molecule has 0 radical (unpaired) electrons.